The van der Waals surface area contributed by atoms with E-state index in [1.807, 2.05) is 31.2 Å². The molecule has 21 heavy (non-hydrogen) atoms. The normalized spacial score (nSPS) is 12.0. The van der Waals surface area contributed by atoms with Crippen molar-refractivity contribution >= 4 is 17.6 Å². The van der Waals surface area contributed by atoms with Gasteiger partial charge in [-0.15, -0.1) is 0 Å². The van der Waals surface area contributed by atoms with Crippen molar-refractivity contribution in [2.75, 3.05) is 13.2 Å². The van der Waals surface area contributed by atoms with Crippen molar-refractivity contribution < 1.29 is 9.90 Å². The van der Waals surface area contributed by atoms with Crippen molar-refractivity contribution in [1.82, 2.24) is 10.2 Å². The Hall–Kier alpha value is -1.26. The van der Waals surface area contributed by atoms with Gasteiger partial charge in [-0.05, 0) is 31.4 Å². The maximum atomic E-state index is 12.3. The van der Waals surface area contributed by atoms with E-state index in [9.17, 15) is 4.79 Å². The Kier molecular flexibility index (Phi) is 8.16. The molecule has 0 saturated carbocycles. The summed E-state index contributed by atoms with van der Waals surface area (Å²) in [6, 6.07) is 7.54. The summed E-state index contributed by atoms with van der Waals surface area (Å²) < 4.78 is 0. The molecular formula is C16H25ClN2O2. The Labute approximate surface area is 132 Å². The number of nitrogens with one attached hydrogen (secondary N) is 1. The van der Waals surface area contributed by atoms with E-state index < -0.39 is 0 Å². The largest absolute Gasteiger partial charge is 0.396 e. The van der Waals surface area contributed by atoms with Gasteiger partial charge >= 0.3 is 6.03 Å². The summed E-state index contributed by atoms with van der Waals surface area (Å²) in [6.45, 7) is 5.12. The van der Waals surface area contributed by atoms with Crippen LogP contribution in [0.1, 0.15) is 38.7 Å². The lowest BCUT2D eigenvalue weighted by atomic mass is 10.2. The number of nitrogens with zero attached hydrogens (tertiary/aromatic N) is 1. The highest BCUT2D eigenvalue weighted by Gasteiger charge is 2.16. The zero-order valence-electron chi connectivity index (χ0n) is 12.8. The monoisotopic (exact) mass is 312 g/mol. The Morgan fingerprint density at radius 3 is 2.76 bits per heavy atom. The second-order valence-corrected chi connectivity index (χ2v) is 5.64. The summed E-state index contributed by atoms with van der Waals surface area (Å²) in [5.41, 5.74) is 0.912. The summed E-state index contributed by atoms with van der Waals surface area (Å²) in [5.74, 6) is 0. The van der Waals surface area contributed by atoms with E-state index in [1.54, 1.807) is 4.90 Å². The minimum Gasteiger partial charge on any atom is -0.396 e. The van der Waals surface area contributed by atoms with Crippen molar-refractivity contribution in [2.45, 2.75) is 45.7 Å². The standard InChI is InChI=1S/C16H25ClN2O2/c1-3-7-13(2)18-16(21)19(10-6-11-20)12-14-8-4-5-9-15(14)17/h4-5,8-9,13,20H,3,6-7,10-12H2,1-2H3,(H,18,21)/t13-/m0/s1. The highest BCUT2D eigenvalue weighted by atomic mass is 35.5. The van der Waals surface area contributed by atoms with Crippen LogP contribution in [0.15, 0.2) is 24.3 Å². The first-order valence-electron chi connectivity index (χ1n) is 7.48. The lowest BCUT2D eigenvalue weighted by Crippen LogP contribution is -2.44. The van der Waals surface area contributed by atoms with Crippen molar-refractivity contribution in [3.63, 3.8) is 0 Å². The maximum absolute atomic E-state index is 12.3. The molecule has 0 aromatic heterocycles. The van der Waals surface area contributed by atoms with Gasteiger partial charge in [-0.2, -0.15) is 0 Å². The molecule has 0 bridgehead atoms. The van der Waals surface area contributed by atoms with Gasteiger partial charge in [0.1, 0.15) is 0 Å². The molecule has 0 radical (unpaired) electrons. The summed E-state index contributed by atoms with van der Waals surface area (Å²) in [4.78, 5) is 14.0. The zero-order valence-corrected chi connectivity index (χ0v) is 13.6. The Bertz CT molecular complexity index is 440. The summed E-state index contributed by atoms with van der Waals surface area (Å²) in [7, 11) is 0. The fourth-order valence-corrected chi connectivity index (χ4v) is 2.35. The Morgan fingerprint density at radius 2 is 2.14 bits per heavy atom. The molecule has 5 heteroatoms. The molecular weight excluding hydrogens is 288 g/mol. The predicted molar refractivity (Wildman–Crippen MR) is 86.5 cm³/mol. The topological polar surface area (TPSA) is 52.6 Å². The van der Waals surface area contributed by atoms with Gasteiger partial charge in [-0.3, -0.25) is 0 Å². The molecule has 1 aromatic rings. The van der Waals surface area contributed by atoms with Crippen LogP contribution in [0.4, 0.5) is 4.79 Å². The summed E-state index contributed by atoms with van der Waals surface area (Å²) in [5, 5.41) is 12.6. The van der Waals surface area contributed by atoms with Gasteiger partial charge in [0.25, 0.3) is 0 Å². The van der Waals surface area contributed by atoms with E-state index in [0.717, 1.165) is 18.4 Å². The molecule has 0 fully saturated rings. The fourth-order valence-electron chi connectivity index (χ4n) is 2.15. The van der Waals surface area contributed by atoms with Gasteiger partial charge in [-0.1, -0.05) is 43.1 Å². The van der Waals surface area contributed by atoms with E-state index in [1.165, 1.54) is 0 Å². The number of benzene rings is 1. The number of amides is 2. The molecule has 2 amide bonds. The Morgan fingerprint density at radius 1 is 1.43 bits per heavy atom. The van der Waals surface area contributed by atoms with Crippen molar-refractivity contribution in [3.8, 4) is 0 Å². The van der Waals surface area contributed by atoms with Gasteiger partial charge in [-0.25, -0.2) is 4.79 Å². The molecule has 0 unspecified atom stereocenters. The van der Waals surface area contributed by atoms with Crippen LogP contribution in [0.5, 0.6) is 0 Å². The molecule has 1 rings (SSSR count). The van der Waals surface area contributed by atoms with Crippen molar-refractivity contribution in [2.24, 2.45) is 0 Å². The summed E-state index contributed by atoms with van der Waals surface area (Å²) in [6.07, 6.45) is 2.54. The van der Waals surface area contributed by atoms with E-state index in [-0.39, 0.29) is 18.7 Å². The molecule has 0 heterocycles. The van der Waals surface area contributed by atoms with Crippen molar-refractivity contribution in [1.29, 1.82) is 0 Å². The molecule has 0 aliphatic carbocycles. The minimum absolute atomic E-state index is 0.0663. The van der Waals surface area contributed by atoms with Crippen LogP contribution in [0.2, 0.25) is 5.02 Å². The molecule has 2 N–H and O–H groups in total. The minimum atomic E-state index is -0.107. The number of carbonyl (C=O) groups is 1. The number of rotatable bonds is 8. The van der Waals surface area contributed by atoms with Crippen LogP contribution >= 0.6 is 11.6 Å². The SMILES string of the molecule is CCC[C@H](C)NC(=O)N(CCCO)Cc1ccccc1Cl. The van der Waals surface area contributed by atoms with E-state index in [4.69, 9.17) is 16.7 Å². The third-order valence-electron chi connectivity index (χ3n) is 3.28. The first kappa shape index (κ1) is 17.8. The van der Waals surface area contributed by atoms with Crippen LogP contribution in [-0.2, 0) is 6.54 Å². The van der Waals surface area contributed by atoms with Gasteiger partial charge in [0.15, 0.2) is 0 Å². The van der Waals surface area contributed by atoms with Gasteiger partial charge in [0.2, 0.25) is 0 Å². The van der Waals surface area contributed by atoms with Crippen LogP contribution < -0.4 is 5.32 Å². The van der Waals surface area contributed by atoms with Crippen LogP contribution in [0, 0.1) is 0 Å². The fraction of sp³-hybridized carbons (Fsp3) is 0.562. The van der Waals surface area contributed by atoms with E-state index in [0.29, 0.717) is 24.5 Å². The van der Waals surface area contributed by atoms with Gasteiger partial charge in [0, 0.05) is 30.8 Å². The van der Waals surface area contributed by atoms with Crippen LogP contribution in [-0.4, -0.2) is 35.2 Å². The molecule has 0 saturated heterocycles. The highest BCUT2D eigenvalue weighted by Crippen LogP contribution is 2.17. The van der Waals surface area contributed by atoms with Gasteiger partial charge in [0.05, 0.1) is 0 Å². The first-order chi connectivity index (χ1) is 10.1. The number of hydrogen-bond donors (Lipinski definition) is 2. The number of halogens is 1. The zero-order chi connectivity index (χ0) is 15.7. The summed E-state index contributed by atoms with van der Waals surface area (Å²) >= 11 is 6.15. The molecule has 118 valence electrons. The van der Waals surface area contributed by atoms with Gasteiger partial charge < -0.3 is 15.3 Å². The third kappa shape index (κ3) is 6.36. The smallest absolute Gasteiger partial charge is 0.317 e. The molecule has 0 spiro atoms. The van der Waals surface area contributed by atoms with Crippen LogP contribution in [0.3, 0.4) is 0 Å². The molecule has 1 aromatic carbocycles. The van der Waals surface area contributed by atoms with Crippen molar-refractivity contribution in [3.05, 3.63) is 34.9 Å². The number of aliphatic hydroxyl groups is 1. The molecule has 0 aliphatic heterocycles. The van der Waals surface area contributed by atoms with E-state index in [2.05, 4.69) is 12.2 Å². The van der Waals surface area contributed by atoms with E-state index >= 15 is 0 Å². The number of urea groups is 1. The maximum Gasteiger partial charge on any atom is 0.317 e. The number of hydrogen-bond acceptors (Lipinski definition) is 2. The van der Waals surface area contributed by atoms with Crippen LogP contribution in [0.25, 0.3) is 0 Å². The number of carbonyl (C=O) groups excluding carboxylic acids is 1. The lowest BCUT2D eigenvalue weighted by Gasteiger charge is -2.25. The second kappa shape index (κ2) is 9.64. The Balaban J connectivity index is 2.70. The lowest BCUT2D eigenvalue weighted by molar-refractivity contribution is 0.183. The molecule has 1 atom stereocenters. The highest BCUT2D eigenvalue weighted by molar-refractivity contribution is 6.31. The third-order valence-corrected chi connectivity index (χ3v) is 3.65. The average Bonchev–Trinajstić information content (AvgIpc) is 2.45. The molecule has 0 aliphatic rings. The second-order valence-electron chi connectivity index (χ2n) is 5.23. The number of aliphatic hydroxyl groups excluding tert-OH is 1. The molecule has 4 nitrogen and oxygen atoms in total. The predicted octanol–water partition coefficient (Wildman–Crippen LogP) is 3.42. The first-order valence-corrected chi connectivity index (χ1v) is 7.86. The quantitative estimate of drug-likeness (QED) is 0.772. The average molecular weight is 313 g/mol.